The van der Waals surface area contributed by atoms with Gasteiger partial charge in [0.25, 0.3) is 0 Å². The van der Waals surface area contributed by atoms with E-state index in [9.17, 15) is 22.0 Å². The Morgan fingerprint density at radius 2 is 1.50 bits per heavy atom. The van der Waals surface area contributed by atoms with Crippen molar-refractivity contribution in [1.82, 2.24) is 0 Å². The van der Waals surface area contributed by atoms with Gasteiger partial charge in [-0.2, -0.15) is 14.0 Å². The van der Waals surface area contributed by atoms with Crippen LogP contribution in [0.5, 0.6) is 0 Å². The summed E-state index contributed by atoms with van der Waals surface area (Å²) in [5, 5.41) is 8.65. The molecule has 0 heterocycles. The van der Waals surface area contributed by atoms with E-state index >= 15 is 0 Å². The number of nitrogens with zero attached hydrogens (tertiary/aromatic N) is 1. The van der Waals surface area contributed by atoms with E-state index in [1.54, 1.807) is 6.92 Å². The minimum absolute atomic E-state index is 0.0129. The van der Waals surface area contributed by atoms with Crippen LogP contribution in [0.3, 0.4) is 0 Å². The van der Waals surface area contributed by atoms with E-state index < -0.39 is 55.4 Å². The van der Waals surface area contributed by atoms with Crippen LogP contribution in [0.4, 0.5) is 22.0 Å². The monoisotopic (exact) mass is 355 g/mol. The third-order valence-electron chi connectivity index (χ3n) is 4.69. The van der Waals surface area contributed by atoms with Crippen molar-refractivity contribution < 1.29 is 26.7 Å². The third-order valence-corrected chi connectivity index (χ3v) is 4.69. The highest BCUT2D eigenvalue weighted by atomic mass is 19.3. The first-order valence-corrected chi connectivity index (χ1v) is 8.62. The summed E-state index contributed by atoms with van der Waals surface area (Å²) in [5.74, 6) is -2.98. The molecule has 0 aromatic carbocycles. The Kier molecular flexibility index (Phi) is 7.91. The molecule has 0 aliphatic heterocycles. The van der Waals surface area contributed by atoms with Gasteiger partial charge >= 0.3 is 6.11 Å². The zero-order valence-corrected chi connectivity index (χ0v) is 14.3. The Labute approximate surface area is 140 Å². The topological polar surface area (TPSA) is 33.0 Å². The van der Waals surface area contributed by atoms with Crippen LogP contribution in [0.25, 0.3) is 0 Å². The Hall–Kier alpha value is -0.900. The highest BCUT2D eigenvalue weighted by Crippen LogP contribution is 2.43. The zero-order valence-electron chi connectivity index (χ0n) is 14.3. The van der Waals surface area contributed by atoms with E-state index in [-0.39, 0.29) is 18.8 Å². The number of rotatable bonds is 3. The van der Waals surface area contributed by atoms with Gasteiger partial charge in [-0.25, -0.2) is 13.2 Å². The molecule has 2 aliphatic rings. The summed E-state index contributed by atoms with van der Waals surface area (Å²) in [4.78, 5) is 0. The lowest BCUT2D eigenvalue weighted by Gasteiger charge is -2.38. The smallest absolute Gasteiger partial charge is 0.317 e. The lowest BCUT2D eigenvalue weighted by molar-refractivity contribution is -0.313. The quantitative estimate of drug-likeness (QED) is 0.637. The standard InChI is InChI=1S/C15H20F5NO.C2H6/c1-8-2-3-11(14(18)4-8)15(19,20)22-9-5-12(16)10(7-21)13(17)6-9;1-2/h8-14H,2-6H2,1H3;1-2H3. The lowest BCUT2D eigenvalue weighted by Crippen LogP contribution is -2.46. The van der Waals surface area contributed by atoms with Gasteiger partial charge < -0.3 is 4.74 Å². The average molecular weight is 355 g/mol. The van der Waals surface area contributed by atoms with Crippen molar-refractivity contribution in [3.63, 3.8) is 0 Å². The zero-order chi connectivity index (χ0) is 18.5. The molecule has 0 saturated heterocycles. The highest BCUT2D eigenvalue weighted by molar-refractivity contribution is 4.99. The van der Waals surface area contributed by atoms with E-state index in [1.165, 1.54) is 6.07 Å². The van der Waals surface area contributed by atoms with Crippen molar-refractivity contribution in [3.05, 3.63) is 0 Å². The minimum Gasteiger partial charge on any atom is -0.317 e. The van der Waals surface area contributed by atoms with Gasteiger partial charge in [0.2, 0.25) is 0 Å². The van der Waals surface area contributed by atoms with Gasteiger partial charge in [-0.15, -0.1) is 0 Å². The van der Waals surface area contributed by atoms with Crippen molar-refractivity contribution in [2.24, 2.45) is 17.8 Å². The highest BCUT2D eigenvalue weighted by Gasteiger charge is 2.51. The van der Waals surface area contributed by atoms with E-state index in [0.29, 0.717) is 6.42 Å². The van der Waals surface area contributed by atoms with Crippen LogP contribution < -0.4 is 0 Å². The van der Waals surface area contributed by atoms with Crippen LogP contribution in [0, 0.1) is 29.1 Å². The van der Waals surface area contributed by atoms with Gasteiger partial charge in [-0.1, -0.05) is 20.8 Å². The van der Waals surface area contributed by atoms with Gasteiger partial charge in [0.05, 0.1) is 18.1 Å². The molecule has 140 valence electrons. The second kappa shape index (κ2) is 8.98. The van der Waals surface area contributed by atoms with E-state index in [2.05, 4.69) is 4.74 Å². The van der Waals surface area contributed by atoms with Crippen molar-refractivity contribution in [2.75, 3.05) is 0 Å². The third kappa shape index (κ3) is 5.05. The van der Waals surface area contributed by atoms with E-state index in [4.69, 9.17) is 5.26 Å². The van der Waals surface area contributed by atoms with Crippen LogP contribution in [-0.4, -0.2) is 30.7 Å². The van der Waals surface area contributed by atoms with Crippen LogP contribution in [0.15, 0.2) is 0 Å². The maximum absolute atomic E-state index is 14.1. The summed E-state index contributed by atoms with van der Waals surface area (Å²) in [5.41, 5.74) is 0. The minimum atomic E-state index is -3.75. The number of nitriles is 1. The molecule has 2 fully saturated rings. The molecule has 0 amide bonds. The number of halogens is 5. The molecule has 0 spiro atoms. The van der Waals surface area contributed by atoms with Gasteiger partial charge in [-0.05, 0) is 25.2 Å². The molecule has 0 bridgehead atoms. The SMILES string of the molecule is CC.CC1CCC(C(F)(F)OC2CC(F)C(C#N)C(F)C2)C(F)C1. The Balaban J connectivity index is 0.00000139. The maximum Gasteiger partial charge on any atom is 0.361 e. The number of ether oxygens (including phenoxy) is 1. The fourth-order valence-corrected chi connectivity index (χ4v) is 3.38. The van der Waals surface area contributed by atoms with Crippen molar-refractivity contribution >= 4 is 0 Å². The predicted molar refractivity (Wildman–Crippen MR) is 80.7 cm³/mol. The molecular weight excluding hydrogens is 329 g/mol. The first kappa shape index (κ1) is 21.1. The molecule has 5 unspecified atom stereocenters. The van der Waals surface area contributed by atoms with E-state index in [0.717, 1.165) is 0 Å². The maximum atomic E-state index is 14.1. The Morgan fingerprint density at radius 3 is 1.96 bits per heavy atom. The molecule has 0 N–H and O–H groups in total. The largest absolute Gasteiger partial charge is 0.361 e. The molecule has 5 atom stereocenters. The number of alkyl halides is 5. The Bertz CT molecular complexity index is 416. The molecule has 2 saturated carbocycles. The van der Waals surface area contributed by atoms with Crippen LogP contribution in [0.2, 0.25) is 0 Å². The van der Waals surface area contributed by atoms with Crippen molar-refractivity contribution in [1.29, 1.82) is 5.26 Å². The average Bonchev–Trinajstić information content (AvgIpc) is 2.48. The van der Waals surface area contributed by atoms with Crippen LogP contribution in [-0.2, 0) is 4.74 Å². The summed E-state index contributed by atoms with van der Waals surface area (Å²) >= 11 is 0. The molecule has 24 heavy (non-hydrogen) atoms. The fraction of sp³-hybridized carbons (Fsp3) is 0.941. The lowest BCUT2D eigenvalue weighted by atomic mass is 9.80. The summed E-state index contributed by atoms with van der Waals surface area (Å²) in [6.45, 7) is 5.80. The first-order chi connectivity index (χ1) is 11.2. The second-order valence-corrected chi connectivity index (χ2v) is 6.50. The van der Waals surface area contributed by atoms with E-state index in [1.807, 2.05) is 13.8 Å². The second-order valence-electron chi connectivity index (χ2n) is 6.50. The molecule has 2 aliphatic carbocycles. The molecule has 0 aromatic rings. The predicted octanol–water partition coefficient (Wildman–Crippen LogP) is 5.37. The van der Waals surface area contributed by atoms with Crippen LogP contribution >= 0.6 is 0 Å². The van der Waals surface area contributed by atoms with Gasteiger partial charge in [0.1, 0.15) is 24.4 Å². The summed E-state index contributed by atoms with van der Waals surface area (Å²) in [6, 6.07) is 1.51. The van der Waals surface area contributed by atoms with Crippen molar-refractivity contribution in [3.8, 4) is 6.07 Å². The number of hydrogen-bond acceptors (Lipinski definition) is 2. The van der Waals surface area contributed by atoms with Gasteiger partial charge in [0, 0.05) is 12.8 Å². The molecule has 0 radical (unpaired) electrons. The Morgan fingerprint density at radius 1 is 0.958 bits per heavy atom. The first-order valence-electron chi connectivity index (χ1n) is 8.62. The molecule has 7 heteroatoms. The number of hydrogen-bond donors (Lipinski definition) is 0. The van der Waals surface area contributed by atoms with Crippen molar-refractivity contribution in [2.45, 2.75) is 83.6 Å². The van der Waals surface area contributed by atoms with Gasteiger partial charge in [-0.3, -0.25) is 0 Å². The fourth-order valence-electron chi connectivity index (χ4n) is 3.38. The van der Waals surface area contributed by atoms with Gasteiger partial charge in [0.15, 0.2) is 0 Å². The molecule has 0 aromatic heterocycles. The summed E-state index contributed by atoms with van der Waals surface area (Å²) in [6.07, 6.45) is -10.9. The molecular formula is C17H26F5NO. The molecule has 2 nitrogen and oxygen atoms in total. The van der Waals surface area contributed by atoms with Crippen LogP contribution in [0.1, 0.15) is 52.9 Å². The summed E-state index contributed by atoms with van der Waals surface area (Å²) < 4.78 is 74.0. The summed E-state index contributed by atoms with van der Waals surface area (Å²) in [7, 11) is 0. The normalized spacial score (nSPS) is 40.2. The molecule has 2 rings (SSSR count).